The maximum absolute atomic E-state index is 12.5. The first-order valence-corrected chi connectivity index (χ1v) is 9.97. The number of aryl methyl sites for hydroxylation is 1. The third-order valence-electron chi connectivity index (χ3n) is 4.36. The van der Waals surface area contributed by atoms with Crippen LogP contribution in [0.2, 0.25) is 0 Å². The second-order valence-electron chi connectivity index (χ2n) is 6.26. The van der Waals surface area contributed by atoms with Gasteiger partial charge in [-0.1, -0.05) is 25.1 Å². The standard InChI is InChI=1S/C20H24N4O2S/c1-4-5-13-24-19(15-8-10-16(26-3)11-9-15)21-22-20(24)27-14-18(25)17-7-6-12-23(17)2/h6-12H,4-5,13-14H2,1-3H3. The van der Waals surface area contributed by atoms with Gasteiger partial charge in [-0.05, 0) is 42.8 Å². The van der Waals surface area contributed by atoms with E-state index in [9.17, 15) is 4.79 Å². The van der Waals surface area contributed by atoms with Gasteiger partial charge in [-0.15, -0.1) is 10.2 Å². The Morgan fingerprint density at radius 1 is 1.19 bits per heavy atom. The normalized spacial score (nSPS) is 10.9. The minimum absolute atomic E-state index is 0.0866. The summed E-state index contributed by atoms with van der Waals surface area (Å²) >= 11 is 1.44. The number of thioether (sulfide) groups is 1. The Morgan fingerprint density at radius 2 is 1.96 bits per heavy atom. The van der Waals surface area contributed by atoms with Crippen LogP contribution in [0.15, 0.2) is 47.8 Å². The molecule has 0 saturated carbocycles. The highest BCUT2D eigenvalue weighted by Gasteiger charge is 2.17. The minimum atomic E-state index is 0.0866. The van der Waals surface area contributed by atoms with Gasteiger partial charge in [0.2, 0.25) is 0 Å². The van der Waals surface area contributed by atoms with E-state index in [1.54, 1.807) is 7.11 Å². The van der Waals surface area contributed by atoms with Crippen molar-refractivity contribution in [1.82, 2.24) is 19.3 Å². The summed E-state index contributed by atoms with van der Waals surface area (Å²) in [5.41, 5.74) is 1.69. The highest BCUT2D eigenvalue weighted by Crippen LogP contribution is 2.26. The molecular weight excluding hydrogens is 360 g/mol. The summed E-state index contributed by atoms with van der Waals surface area (Å²) in [5.74, 6) is 2.05. The maximum Gasteiger partial charge on any atom is 0.191 e. The summed E-state index contributed by atoms with van der Waals surface area (Å²) in [6, 6.07) is 11.5. The number of Topliss-reactive ketones (excluding diaryl/α,β-unsaturated/α-hetero) is 1. The van der Waals surface area contributed by atoms with Gasteiger partial charge >= 0.3 is 0 Å². The van der Waals surface area contributed by atoms with Gasteiger partial charge in [0.15, 0.2) is 16.8 Å². The van der Waals surface area contributed by atoms with E-state index in [1.807, 2.05) is 54.2 Å². The lowest BCUT2D eigenvalue weighted by Gasteiger charge is -2.10. The summed E-state index contributed by atoms with van der Waals surface area (Å²) in [5, 5.41) is 9.51. The van der Waals surface area contributed by atoms with Crippen LogP contribution in [-0.4, -0.2) is 38.0 Å². The van der Waals surface area contributed by atoms with Crippen LogP contribution in [0.1, 0.15) is 30.3 Å². The van der Waals surface area contributed by atoms with Crippen LogP contribution in [0, 0.1) is 0 Å². The molecule has 0 aliphatic rings. The van der Waals surface area contributed by atoms with E-state index >= 15 is 0 Å². The molecule has 0 amide bonds. The Bertz CT molecular complexity index is 899. The number of unbranched alkanes of at least 4 members (excludes halogenated alkanes) is 1. The summed E-state index contributed by atoms with van der Waals surface area (Å²) in [4.78, 5) is 12.5. The molecule has 142 valence electrons. The molecule has 27 heavy (non-hydrogen) atoms. The summed E-state index contributed by atoms with van der Waals surface area (Å²) in [6.07, 6.45) is 3.98. The molecule has 0 spiro atoms. The molecule has 7 heteroatoms. The molecule has 3 rings (SSSR count). The van der Waals surface area contributed by atoms with E-state index < -0.39 is 0 Å². The molecule has 0 saturated heterocycles. The molecule has 0 bridgehead atoms. The number of hydrogen-bond acceptors (Lipinski definition) is 5. The molecule has 0 N–H and O–H groups in total. The lowest BCUT2D eigenvalue weighted by atomic mass is 10.2. The van der Waals surface area contributed by atoms with Crippen LogP contribution < -0.4 is 4.74 Å². The molecule has 0 fully saturated rings. The van der Waals surface area contributed by atoms with Crippen molar-refractivity contribution in [3.63, 3.8) is 0 Å². The van der Waals surface area contributed by atoms with E-state index in [1.165, 1.54) is 11.8 Å². The second kappa shape index (κ2) is 8.90. The zero-order valence-electron chi connectivity index (χ0n) is 15.9. The predicted octanol–water partition coefficient (Wildman–Crippen LogP) is 4.07. The van der Waals surface area contributed by atoms with Crippen LogP contribution in [0.5, 0.6) is 5.75 Å². The number of nitrogens with zero attached hydrogens (tertiary/aromatic N) is 4. The highest BCUT2D eigenvalue weighted by molar-refractivity contribution is 7.99. The number of rotatable bonds is 9. The van der Waals surface area contributed by atoms with Crippen molar-refractivity contribution >= 4 is 17.5 Å². The van der Waals surface area contributed by atoms with Gasteiger partial charge in [0, 0.05) is 25.4 Å². The third-order valence-corrected chi connectivity index (χ3v) is 5.33. The number of aromatic nitrogens is 4. The third kappa shape index (κ3) is 4.42. The smallest absolute Gasteiger partial charge is 0.191 e. The summed E-state index contributed by atoms with van der Waals surface area (Å²) in [6.45, 7) is 2.98. The average molecular weight is 385 g/mol. The van der Waals surface area contributed by atoms with Crippen LogP contribution in [0.3, 0.4) is 0 Å². The highest BCUT2D eigenvalue weighted by atomic mass is 32.2. The molecule has 2 heterocycles. The van der Waals surface area contributed by atoms with Gasteiger partial charge in [-0.25, -0.2) is 0 Å². The van der Waals surface area contributed by atoms with Gasteiger partial charge in [0.05, 0.1) is 18.6 Å². The Hall–Kier alpha value is -2.54. The lowest BCUT2D eigenvalue weighted by Crippen LogP contribution is -2.09. The number of hydrogen-bond donors (Lipinski definition) is 0. The molecular formula is C20H24N4O2S. The number of benzene rings is 1. The van der Waals surface area contributed by atoms with Gasteiger partial charge in [-0.2, -0.15) is 0 Å². The number of carbonyl (C=O) groups excluding carboxylic acids is 1. The second-order valence-corrected chi connectivity index (χ2v) is 7.20. The quantitative estimate of drug-likeness (QED) is 0.411. The maximum atomic E-state index is 12.5. The minimum Gasteiger partial charge on any atom is -0.497 e. The van der Waals surface area contributed by atoms with Gasteiger partial charge < -0.3 is 13.9 Å². The zero-order valence-corrected chi connectivity index (χ0v) is 16.7. The topological polar surface area (TPSA) is 61.9 Å². The van der Waals surface area contributed by atoms with Gasteiger partial charge in [-0.3, -0.25) is 4.79 Å². The summed E-state index contributed by atoms with van der Waals surface area (Å²) in [7, 11) is 3.53. The summed E-state index contributed by atoms with van der Waals surface area (Å²) < 4.78 is 9.18. The van der Waals surface area contributed by atoms with Crippen molar-refractivity contribution in [3.8, 4) is 17.1 Å². The van der Waals surface area contributed by atoms with Crippen molar-refractivity contribution < 1.29 is 9.53 Å². The average Bonchev–Trinajstić information content (AvgIpc) is 3.30. The van der Waals surface area contributed by atoms with E-state index in [4.69, 9.17) is 4.74 Å². The van der Waals surface area contributed by atoms with E-state index in [-0.39, 0.29) is 5.78 Å². The number of carbonyl (C=O) groups is 1. The Balaban J connectivity index is 1.81. The van der Waals surface area contributed by atoms with Crippen molar-refractivity contribution in [3.05, 3.63) is 48.3 Å². The first kappa shape index (κ1) is 19.2. The first-order chi connectivity index (χ1) is 13.1. The lowest BCUT2D eigenvalue weighted by molar-refractivity contribution is 0.101. The molecule has 3 aromatic rings. The number of methoxy groups -OCH3 is 1. The fourth-order valence-electron chi connectivity index (χ4n) is 2.82. The first-order valence-electron chi connectivity index (χ1n) is 8.99. The molecule has 0 aliphatic carbocycles. The number of ether oxygens (including phenoxy) is 1. The molecule has 0 radical (unpaired) electrons. The molecule has 0 unspecified atom stereocenters. The fraction of sp³-hybridized carbons (Fsp3) is 0.350. The zero-order chi connectivity index (χ0) is 19.2. The number of ketones is 1. The van der Waals surface area contributed by atoms with Crippen molar-refractivity contribution in [2.45, 2.75) is 31.5 Å². The van der Waals surface area contributed by atoms with Crippen LogP contribution in [-0.2, 0) is 13.6 Å². The molecule has 0 atom stereocenters. The van der Waals surface area contributed by atoms with Crippen molar-refractivity contribution in [2.24, 2.45) is 7.05 Å². The van der Waals surface area contributed by atoms with E-state index in [2.05, 4.69) is 21.7 Å². The van der Waals surface area contributed by atoms with Crippen LogP contribution >= 0.6 is 11.8 Å². The van der Waals surface area contributed by atoms with E-state index in [0.717, 1.165) is 41.7 Å². The molecule has 2 aromatic heterocycles. The molecule has 6 nitrogen and oxygen atoms in total. The largest absolute Gasteiger partial charge is 0.497 e. The van der Waals surface area contributed by atoms with Gasteiger partial charge in [0.1, 0.15) is 5.75 Å². The van der Waals surface area contributed by atoms with E-state index in [0.29, 0.717) is 11.4 Å². The Labute approximate surface area is 163 Å². The fourth-order valence-corrected chi connectivity index (χ4v) is 3.66. The Kier molecular flexibility index (Phi) is 6.34. The SMILES string of the molecule is CCCCn1c(SCC(=O)c2cccn2C)nnc1-c1ccc(OC)cc1. The van der Waals surface area contributed by atoms with Crippen LogP contribution in [0.4, 0.5) is 0 Å². The molecule has 0 aliphatic heterocycles. The monoisotopic (exact) mass is 384 g/mol. The molecule has 1 aromatic carbocycles. The van der Waals surface area contributed by atoms with Gasteiger partial charge in [0.25, 0.3) is 0 Å². The van der Waals surface area contributed by atoms with Crippen molar-refractivity contribution in [2.75, 3.05) is 12.9 Å². The van der Waals surface area contributed by atoms with Crippen molar-refractivity contribution in [1.29, 1.82) is 0 Å². The van der Waals surface area contributed by atoms with Crippen LogP contribution in [0.25, 0.3) is 11.4 Å². The Morgan fingerprint density at radius 3 is 2.59 bits per heavy atom. The predicted molar refractivity (Wildman–Crippen MR) is 107 cm³/mol.